The number of anilines is 2. The molecule has 0 saturated heterocycles. The Balaban J connectivity index is 2.69. The molecule has 0 atom stereocenters. The summed E-state index contributed by atoms with van der Waals surface area (Å²) < 4.78 is 0. The largest absolute Gasteiger partial charge is 0.507 e. The number of nitrogens with two attached hydrogens (primary N) is 2. The number of phenols is 1. The van der Waals surface area contributed by atoms with Crippen LogP contribution in [0, 0.1) is 0 Å². The lowest BCUT2D eigenvalue weighted by molar-refractivity contribution is 0.112. The lowest BCUT2D eigenvalue weighted by atomic mass is 9.99. The summed E-state index contributed by atoms with van der Waals surface area (Å²) in [5, 5.41) is 9.93. The Bertz CT molecular complexity index is 580. The molecule has 2 aromatic rings. The van der Waals surface area contributed by atoms with Gasteiger partial charge in [0, 0.05) is 11.1 Å². The van der Waals surface area contributed by atoms with E-state index in [1.807, 2.05) is 0 Å². The first-order valence-corrected chi connectivity index (χ1v) is 5.06. The molecule has 0 spiro atoms. The van der Waals surface area contributed by atoms with E-state index in [1.165, 1.54) is 6.07 Å². The second kappa shape index (κ2) is 4.17. The van der Waals surface area contributed by atoms with Gasteiger partial charge in [-0.1, -0.05) is 24.3 Å². The molecule has 0 heterocycles. The second-order valence-electron chi connectivity index (χ2n) is 3.67. The first kappa shape index (κ1) is 11.0. The molecule has 5 N–H and O–H groups in total. The molecule has 2 rings (SSSR count). The van der Waals surface area contributed by atoms with Crippen molar-refractivity contribution in [3.63, 3.8) is 0 Å². The van der Waals surface area contributed by atoms with Gasteiger partial charge in [-0.25, -0.2) is 0 Å². The predicted molar refractivity (Wildman–Crippen MR) is 67.8 cm³/mol. The third kappa shape index (κ3) is 1.80. The van der Waals surface area contributed by atoms with Crippen LogP contribution >= 0.6 is 0 Å². The molecule has 2 aromatic carbocycles. The SMILES string of the molecule is Nc1cccc(-c2cccc(C=O)c2O)c1N. The highest BCUT2D eigenvalue weighted by atomic mass is 16.3. The first-order chi connectivity index (χ1) is 8.15. The minimum Gasteiger partial charge on any atom is -0.507 e. The molecule has 0 radical (unpaired) electrons. The third-order valence-electron chi connectivity index (χ3n) is 2.62. The summed E-state index contributed by atoms with van der Waals surface area (Å²) in [5.74, 6) is -0.0835. The lowest BCUT2D eigenvalue weighted by Crippen LogP contribution is -1.97. The molecule has 0 amide bonds. The van der Waals surface area contributed by atoms with Crippen molar-refractivity contribution in [1.29, 1.82) is 0 Å². The van der Waals surface area contributed by atoms with Gasteiger partial charge in [0.2, 0.25) is 0 Å². The molecule has 0 unspecified atom stereocenters. The Kier molecular flexibility index (Phi) is 2.70. The number of aldehydes is 1. The zero-order valence-electron chi connectivity index (χ0n) is 9.05. The number of hydrogen-bond acceptors (Lipinski definition) is 4. The minimum absolute atomic E-state index is 0.0835. The van der Waals surface area contributed by atoms with Crippen LogP contribution in [0.25, 0.3) is 11.1 Å². The molecule has 0 bridgehead atoms. The van der Waals surface area contributed by atoms with E-state index in [2.05, 4.69) is 0 Å². The van der Waals surface area contributed by atoms with Crippen molar-refractivity contribution in [2.45, 2.75) is 0 Å². The van der Waals surface area contributed by atoms with Crippen LogP contribution in [0.4, 0.5) is 11.4 Å². The van der Waals surface area contributed by atoms with Gasteiger partial charge >= 0.3 is 0 Å². The van der Waals surface area contributed by atoms with Crippen LogP contribution in [-0.4, -0.2) is 11.4 Å². The second-order valence-corrected chi connectivity index (χ2v) is 3.67. The number of rotatable bonds is 2. The molecule has 0 aliphatic carbocycles. The first-order valence-electron chi connectivity index (χ1n) is 5.06. The molecule has 0 saturated carbocycles. The molecular formula is C13H12N2O2. The monoisotopic (exact) mass is 228 g/mol. The molecule has 4 heteroatoms. The average Bonchev–Trinajstić information content (AvgIpc) is 2.33. The summed E-state index contributed by atoms with van der Waals surface area (Å²) in [6.07, 6.45) is 0.599. The van der Waals surface area contributed by atoms with E-state index < -0.39 is 0 Å². The van der Waals surface area contributed by atoms with Crippen molar-refractivity contribution in [3.8, 4) is 16.9 Å². The number of phenolic OH excluding ortho intramolecular Hbond substituents is 1. The summed E-state index contributed by atoms with van der Waals surface area (Å²) in [6.45, 7) is 0. The minimum atomic E-state index is -0.0835. The Hall–Kier alpha value is -2.49. The van der Waals surface area contributed by atoms with Crippen LogP contribution in [-0.2, 0) is 0 Å². The van der Waals surface area contributed by atoms with Crippen molar-refractivity contribution in [1.82, 2.24) is 0 Å². The van der Waals surface area contributed by atoms with E-state index in [0.717, 1.165) is 0 Å². The number of hydrogen-bond donors (Lipinski definition) is 3. The summed E-state index contributed by atoms with van der Waals surface area (Å²) in [5.41, 5.74) is 13.7. The Morgan fingerprint density at radius 1 is 1.00 bits per heavy atom. The molecule has 0 aromatic heterocycles. The van der Waals surface area contributed by atoms with Crippen LogP contribution in [0.1, 0.15) is 10.4 Å². The van der Waals surface area contributed by atoms with Crippen molar-refractivity contribution in [3.05, 3.63) is 42.0 Å². The van der Waals surface area contributed by atoms with Gasteiger partial charge in [0.1, 0.15) is 5.75 Å². The van der Waals surface area contributed by atoms with Crippen LogP contribution in [0.2, 0.25) is 0 Å². The van der Waals surface area contributed by atoms with Crippen molar-refractivity contribution in [2.75, 3.05) is 11.5 Å². The predicted octanol–water partition coefficient (Wildman–Crippen LogP) is 2.04. The Morgan fingerprint density at radius 3 is 2.35 bits per heavy atom. The van der Waals surface area contributed by atoms with E-state index in [0.29, 0.717) is 28.8 Å². The molecule has 86 valence electrons. The number of nitrogen functional groups attached to an aromatic ring is 2. The maximum atomic E-state index is 10.7. The van der Waals surface area contributed by atoms with E-state index in [4.69, 9.17) is 11.5 Å². The Labute approximate surface area is 98.5 Å². The third-order valence-corrected chi connectivity index (χ3v) is 2.62. The van der Waals surface area contributed by atoms with Crippen molar-refractivity contribution >= 4 is 17.7 Å². The fraction of sp³-hybridized carbons (Fsp3) is 0. The zero-order chi connectivity index (χ0) is 12.4. The highest BCUT2D eigenvalue weighted by Crippen LogP contribution is 2.36. The lowest BCUT2D eigenvalue weighted by Gasteiger charge is -2.10. The summed E-state index contributed by atoms with van der Waals surface area (Å²) >= 11 is 0. The fourth-order valence-electron chi connectivity index (χ4n) is 1.69. The maximum Gasteiger partial charge on any atom is 0.153 e. The van der Waals surface area contributed by atoms with Gasteiger partial charge in [-0.15, -0.1) is 0 Å². The van der Waals surface area contributed by atoms with Crippen LogP contribution in [0.5, 0.6) is 5.75 Å². The van der Waals surface area contributed by atoms with Crippen molar-refractivity contribution < 1.29 is 9.90 Å². The Morgan fingerprint density at radius 2 is 1.65 bits per heavy atom. The maximum absolute atomic E-state index is 10.7. The quantitative estimate of drug-likeness (QED) is 0.542. The smallest absolute Gasteiger partial charge is 0.153 e. The van der Waals surface area contributed by atoms with E-state index in [9.17, 15) is 9.90 Å². The number of aromatic hydroxyl groups is 1. The average molecular weight is 228 g/mol. The number of carbonyl (C=O) groups excluding carboxylic acids is 1. The van der Waals surface area contributed by atoms with Crippen LogP contribution in [0.3, 0.4) is 0 Å². The van der Waals surface area contributed by atoms with Gasteiger partial charge in [0.15, 0.2) is 6.29 Å². The molecule has 0 aliphatic heterocycles. The number of para-hydroxylation sites is 2. The standard InChI is InChI=1S/C13H12N2O2/c14-11-6-2-4-9(12(11)15)10-5-1-3-8(7-16)13(10)17/h1-7,17H,14-15H2. The van der Waals surface area contributed by atoms with Gasteiger partial charge in [0.25, 0.3) is 0 Å². The normalized spacial score (nSPS) is 10.1. The van der Waals surface area contributed by atoms with E-state index >= 15 is 0 Å². The summed E-state index contributed by atoms with van der Waals surface area (Å²) in [7, 11) is 0. The van der Waals surface area contributed by atoms with Gasteiger partial charge < -0.3 is 16.6 Å². The molecular weight excluding hydrogens is 216 g/mol. The van der Waals surface area contributed by atoms with Gasteiger partial charge in [-0.05, 0) is 12.1 Å². The van der Waals surface area contributed by atoms with E-state index in [1.54, 1.807) is 30.3 Å². The van der Waals surface area contributed by atoms with Gasteiger partial charge in [-0.3, -0.25) is 4.79 Å². The summed E-state index contributed by atoms with van der Waals surface area (Å²) in [6, 6.07) is 10.1. The molecule has 0 fully saturated rings. The van der Waals surface area contributed by atoms with Crippen LogP contribution in [0.15, 0.2) is 36.4 Å². The molecule has 4 nitrogen and oxygen atoms in total. The topological polar surface area (TPSA) is 89.3 Å². The number of carbonyl (C=O) groups is 1. The van der Waals surface area contributed by atoms with E-state index in [-0.39, 0.29) is 11.3 Å². The fourth-order valence-corrected chi connectivity index (χ4v) is 1.69. The van der Waals surface area contributed by atoms with Gasteiger partial charge in [0.05, 0.1) is 16.9 Å². The highest BCUT2D eigenvalue weighted by molar-refractivity contribution is 5.91. The van der Waals surface area contributed by atoms with Gasteiger partial charge in [-0.2, -0.15) is 0 Å². The summed E-state index contributed by atoms with van der Waals surface area (Å²) in [4.78, 5) is 10.7. The van der Waals surface area contributed by atoms with Crippen molar-refractivity contribution in [2.24, 2.45) is 0 Å². The van der Waals surface area contributed by atoms with Crippen LogP contribution < -0.4 is 11.5 Å². The molecule has 17 heavy (non-hydrogen) atoms. The number of benzene rings is 2. The molecule has 0 aliphatic rings. The zero-order valence-corrected chi connectivity index (χ0v) is 9.05. The highest BCUT2D eigenvalue weighted by Gasteiger charge is 2.11.